The molecule has 0 saturated carbocycles. The first-order valence-electron chi connectivity index (χ1n) is 4.45. The molecule has 0 atom stereocenters. The maximum absolute atomic E-state index is 5.04. The van der Waals surface area contributed by atoms with Crippen LogP contribution in [0.5, 0.6) is 5.88 Å². The predicted octanol–water partition coefficient (Wildman–Crippen LogP) is 1.06. The van der Waals surface area contributed by atoms with Crippen molar-refractivity contribution in [2.45, 2.75) is 13.5 Å². The molecular weight excluding hydrogens is 182 g/mol. The number of anilines is 1. The molecule has 0 aliphatic heterocycles. The van der Waals surface area contributed by atoms with E-state index in [0.717, 1.165) is 12.4 Å². The van der Waals surface area contributed by atoms with Gasteiger partial charge in [-0.05, 0) is 6.92 Å². The van der Waals surface area contributed by atoms with E-state index in [1.54, 1.807) is 20.3 Å². The summed E-state index contributed by atoms with van der Waals surface area (Å²) in [4.78, 5) is 8.36. The van der Waals surface area contributed by atoms with Gasteiger partial charge in [0.1, 0.15) is 12.4 Å². The summed E-state index contributed by atoms with van der Waals surface area (Å²) < 4.78 is 9.99. The van der Waals surface area contributed by atoms with Crippen LogP contribution in [0.3, 0.4) is 0 Å². The van der Waals surface area contributed by atoms with Crippen molar-refractivity contribution in [1.29, 1.82) is 0 Å². The first-order valence-corrected chi connectivity index (χ1v) is 4.45. The Morgan fingerprint density at radius 3 is 2.71 bits per heavy atom. The summed E-state index contributed by atoms with van der Waals surface area (Å²) in [7, 11) is 3.18. The average molecular weight is 197 g/mol. The van der Waals surface area contributed by atoms with Crippen LogP contribution in [0.2, 0.25) is 0 Å². The first-order chi connectivity index (χ1) is 6.80. The van der Waals surface area contributed by atoms with Crippen molar-refractivity contribution in [3.05, 3.63) is 11.9 Å². The van der Waals surface area contributed by atoms with Gasteiger partial charge in [0, 0.05) is 19.7 Å². The van der Waals surface area contributed by atoms with Crippen LogP contribution in [0.1, 0.15) is 12.7 Å². The maximum atomic E-state index is 5.04. The molecule has 1 aromatic rings. The third-order valence-electron chi connectivity index (χ3n) is 1.59. The quantitative estimate of drug-likeness (QED) is 0.765. The smallest absolute Gasteiger partial charge is 0.218 e. The SMILES string of the molecule is CCNc1cc(OC)nc(COC)n1. The molecule has 0 radical (unpaired) electrons. The number of nitrogens with zero attached hydrogens (tertiary/aromatic N) is 2. The fourth-order valence-corrected chi connectivity index (χ4v) is 1.04. The minimum Gasteiger partial charge on any atom is -0.481 e. The monoisotopic (exact) mass is 197 g/mol. The molecule has 0 spiro atoms. The number of methoxy groups -OCH3 is 2. The van der Waals surface area contributed by atoms with Gasteiger partial charge in [0.05, 0.1) is 7.11 Å². The van der Waals surface area contributed by atoms with E-state index < -0.39 is 0 Å². The normalized spacial score (nSPS) is 9.93. The van der Waals surface area contributed by atoms with Crippen molar-refractivity contribution in [1.82, 2.24) is 9.97 Å². The van der Waals surface area contributed by atoms with E-state index in [-0.39, 0.29) is 0 Å². The summed E-state index contributed by atoms with van der Waals surface area (Å²) in [6, 6.07) is 1.75. The van der Waals surface area contributed by atoms with Gasteiger partial charge in [-0.15, -0.1) is 0 Å². The zero-order valence-corrected chi connectivity index (χ0v) is 8.70. The molecule has 0 fully saturated rings. The summed E-state index contributed by atoms with van der Waals surface area (Å²) >= 11 is 0. The van der Waals surface area contributed by atoms with Crippen LogP contribution in [-0.4, -0.2) is 30.7 Å². The predicted molar refractivity (Wildman–Crippen MR) is 53.5 cm³/mol. The van der Waals surface area contributed by atoms with Crippen molar-refractivity contribution in [2.24, 2.45) is 0 Å². The van der Waals surface area contributed by atoms with Crippen LogP contribution in [0.25, 0.3) is 0 Å². The second-order valence-corrected chi connectivity index (χ2v) is 2.68. The number of hydrogen-bond donors (Lipinski definition) is 1. The van der Waals surface area contributed by atoms with Gasteiger partial charge in [0.25, 0.3) is 0 Å². The highest BCUT2D eigenvalue weighted by molar-refractivity contribution is 5.38. The number of ether oxygens (including phenoxy) is 2. The van der Waals surface area contributed by atoms with E-state index in [4.69, 9.17) is 9.47 Å². The van der Waals surface area contributed by atoms with Crippen molar-refractivity contribution >= 4 is 5.82 Å². The van der Waals surface area contributed by atoms with E-state index in [0.29, 0.717) is 18.3 Å². The average Bonchev–Trinajstić information content (AvgIpc) is 2.18. The van der Waals surface area contributed by atoms with Crippen LogP contribution in [0.4, 0.5) is 5.82 Å². The highest BCUT2D eigenvalue weighted by Crippen LogP contribution is 2.13. The Morgan fingerprint density at radius 2 is 2.14 bits per heavy atom. The molecule has 0 bridgehead atoms. The standard InChI is InChI=1S/C9H15N3O2/c1-4-10-7-5-9(14-3)12-8(11-7)6-13-2/h5H,4,6H2,1-3H3,(H,10,11,12). The molecule has 78 valence electrons. The van der Waals surface area contributed by atoms with Crippen LogP contribution in [0, 0.1) is 0 Å². The molecule has 0 unspecified atom stereocenters. The Bertz CT molecular complexity index is 267. The molecule has 0 aromatic carbocycles. The third-order valence-corrected chi connectivity index (χ3v) is 1.59. The topological polar surface area (TPSA) is 56.3 Å². The minimum absolute atomic E-state index is 0.385. The summed E-state index contributed by atoms with van der Waals surface area (Å²) in [5.41, 5.74) is 0. The van der Waals surface area contributed by atoms with E-state index in [9.17, 15) is 0 Å². The van der Waals surface area contributed by atoms with Gasteiger partial charge in [0.2, 0.25) is 5.88 Å². The molecule has 0 aliphatic rings. The highest BCUT2D eigenvalue weighted by atomic mass is 16.5. The lowest BCUT2D eigenvalue weighted by atomic mass is 10.5. The number of nitrogens with one attached hydrogen (secondary N) is 1. The summed E-state index contributed by atoms with van der Waals surface area (Å²) in [6.45, 7) is 3.20. The summed E-state index contributed by atoms with van der Waals surface area (Å²) in [6.07, 6.45) is 0. The molecule has 1 aromatic heterocycles. The van der Waals surface area contributed by atoms with Gasteiger partial charge in [-0.2, -0.15) is 4.98 Å². The second kappa shape index (κ2) is 5.39. The summed E-state index contributed by atoms with van der Waals surface area (Å²) in [5, 5.41) is 3.09. The Labute approximate surface area is 83.5 Å². The van der Waals surface area contributed by atoms with Crippen LogP contribution in [-0.2, 0) is 11.3 Å². The van der Waals surface area contributed by atoms with E-state index >= 15 is 0 Å². The largest absolute Gasteiger partial charge is 0.481 e. The first kappa shape index (κ1) is 10.7. The van der Waals surface area contributed by atoms with Gasteiger partial charge in [-0.3, -0.25) is 0 Å². The molecule has 1 N–H and O–H groups in total. The highest BCUT2D eigenvalue weighted by Gasteiger charge is 2.03. The zero-order chi connectivity index (χ0) is 10.4. The molecule has 14 heavy (non-hydrogen) atoms. The third kappa shape index (κ3) is 2.85. The number of rotatable bonds is 5. The van der Waals surface area contributed by atoms with Crippen LogP contribution >= 0.6 is 0 Å². The fourth-order valence-electron chi connectivity index (χ4n) is 1.04. The van der Waals surface area contributed by atoms with Crippen molar-refractivity contribution < 1.29 is 9.47 Å². The van der Waals surface area contributed by atoms with Gasteiger partial charge in [-0.25, -0.2) is 4.98 Å². The lowest BCUT2D eigenvalue weighted by Crippen LogP contribution is -2.05. The molecule has 1 heterocycles. The molecule has 0 saturated heterocycles. The van der Waals surface area contributed by atoms with Gasteiger partial charge in [0.15, 0.2) is 5.82 Å². The maximum Gasteiger partial charge on any atom is 0.218 e. The van der Waals surface area contributed by atoms with Crippen molar-refractivity contribution in [3.63, 3.8) is 0 Å². The molecular formula is C9H15N3O2. The second-order valence-electron chi connectivity index (χ2n) is 2.68. The fraction of sp³-hybridized carbons (Fsp3) is 0.556. The zero-order valence-electron chi connectivity index (χ0n) is 8.70. The van der Waals surface area contributed by atoms with Crippen molar-refractivity contribution in [2.75, 3.05) is 26.1 Å². The molecule has 5 heteroatoms. The Kier molecular flexibility index (Phi) is 4.12. The molecule has 1 rings (SSSR count). The van der Waals surface area contributed by atoms with Gasteiger partial charge >= 0.3 is 0 Å². The summed E-state index contributed by atoms with van der Waals surface area (Å²) in [5.74, 6) is 1.91. The van der Waals surface area contributed by atoms with Crippen LogP contribution in [0.15, 0.2) is 6.07 Å². The Hall–Kier alpha value is -1.36. The molecule has 0 amide bonds. The minimum atomic E-state index is 0.385. The van der Waals surface area contributed by atoms with E-state index in [1.807, 2.05) is 6.92 Å². The number of hydrogen-bond acceptors (Lipinski definition) is 5. The molecule has 5 nitrogen and oxygen atoms in total. The van der Waals surface area contributed by atoms with E-state index in [1.165, 1.54) is 0 Å². The number of aromatic nitrogens is 2. The molecule has 0 aliphatic carbocycles. The Balaban J connectivity index is 2.88. The van der Waals surface area contributed by atoms with Gasteiger partial charge < -0.3 is 14.8 Å². The van der Waals surface area contributed by atoms with Crippen molar-refractivity contribution in [3.8, 4) is 5.88 Å². The Morgan fingerprint density at radius 1 is 1.36 bits per heavy atom. The lowest BCUT2D eigenvalue weighted by molar-refractivity contribution is 0.177. The van der Waals surface area contributed by atoms with Gasteiger partial charge in [-0.1, -0.05) is 0 Å². The van der Waals surface area contributed by atoms with Crippen LogP contribution < -0.4 is 10.1 Å². The lowest BCUT2D eigenvalue weighted by Gasteiger charge is -2.07. The van der Waals surface area contributed by atoms with E-state index in [2.05, 4.69) is 15.3 Å².